The van der Waals surface area contributed by atoms with E-state index >= 15 is 0 Å². The number of nitrogens with zero attached hydrogens (tertiary/aromatic N) is 4. The van der Waals surface area contributed by atoms with Crippen LogP contribution in [0.15, 0.2) is 10.7 Å². The zero-order valence-corrected chi connectivity index (χ0v) is 15.2. The van der Waals surface area contributed by atoms with Crippen LogP contribution in [0.1, 0.15) is 49.5 Å². The predicted molar refractivity (Wildman–Crippen MR) is 89.6 cm³/mol. The largest absolute Gasteiger partial charge is 0.309 e. The van der Waals surface area contributed by atoms with Crippen LogP contribution in [0.25, 0.3) is 0 Å². The van der Waals surface area contributed by atoms with Crippen molar-refractivity contribution in [3.63, 3.8) is 0 Å². The molecule has 0 aliphatic heterocycles. The van der Waals surface area contributed by atoms with Gasteiger partial charge in [0.15, 0.2) is 0 Å². The lowest BCUT2D eigenvalue weighted by molar-refractivity contribution is 0.507. The fourth-order valence-corrected chi connectivity index (χ4v) is 3.63. The molecule has 116 valence electrons. The summed E-state index contributed by atoms with van der Waals surface area (Å²) in [6.45, 7) is 8.31. The number of rotatable bonds is 8. The third kappa shape index (κ3) is 3.90. The molecule has 0 amide bonds. The first kappa shape index (κ1) is 16.6. The Morgan fingerprint density at radius 1 is 1.38 bits per heavy atom. The Morgan fingerprint density at radius 3 is 2.76 bits per heavy atom. The van der Waals surface area contributed by atoms with Crippen LogP contribution in [0.4, 0.5) is 0 Å². The van der Waals surface area contributed by atoms with Gasteiger partial charge in [-0.1, -0.05) is 18.3 Å². The van der Waals surface area contributed by atoms with Crippen LogP contribution in [0.2, 0.25) is 0 Å². The molecule has 1 unspecified atom stereocenters. The van der Waals surface area contributed by atoms with E-state index in [9.17, 15) is 0 Å². The van der Waals surface area contributed by atoms with Crippen LogP contribution in [0.5, 0.6) is 0 Å². The van der Waals surface area contributed by atoms with Gasteiger partial charge in [0.2, 0.25) is 0 Å². The highest BCUT2D eigenvalue weighted by Crippen LogP contribution is 2.28. The maximum absolute atomic E-state index is 4.68. The summed E-state index contributed by atoms with van der Waals surface area (Å²) >= 11 is 5.19. The molecule has 21 heavy (non-hydrogen) atoms. The Balaban J connectivity index is 2.25. The summed E-state index contributed by atoms with van der Waals surface area (Å²) in [5, 5.41) is 12.2. The summed E-state index contributed by atoms with van der Waals surface area (Å²) in [5.41, 5.74) is 2.37. The second kappa shape index (κ2) is 8.00. The molecule has 2 rings (SSSR count). The van der Waals surface area contributed by atoms with E-state index in [1.165, 1.54) is 22.1 Å². The van der Waals surface area contributed by atoms with Crippen molar-refractivity contribution in [2.45, 2.75) is 52.6 Å². The Kier molecular flexibility index (Phi) is 6.32. The lowest BCUT2D eigenvalue weighted by atomic mass is 10.1. The van der Waals surface area contributed by atoms with E-state index in [0.717, 1.165) is 42.5 Å². The summed E-state index contributed by atoms with van der Waals surface area (Å²) in [5.74, 6) is 0. The third-order valence-electron chi connectivity index (χ3n) is 3.45. The Hall–Kier alpha value is -0.790. The molecule has 7 heteroatoms. The zero-order chi connectivity index (χ0) is 15.2. The molecule has 0 aromatic carbocycles. The number of nitrogens with one attached hydrogen (secondary N) is 1. The van der Waals surface area contributed by atoms with Crippen LogP contribution in [0.3, 0.4) is 0 Å². The highest BCUT2D eigenvalue weighted by molar-refractivity contribution is 9.10. The molecular weight excluding hydrogens is 350 g/mol. The second-order valence-electron chi connectivity index (χ2n) is 4.91. The SMILES string of the molecule is CCCNC(Cc1c(Br)c(CC)nn1CC)c1cnns1. The summed E-state index contributed by atoms with van der Waals surface area (Å²) in [6.07, 6.45) is 4.80. The van der Waals surface area contributed by atoms with Gasteiger partial charge >= 0.3 is 0 Å². The summed E-state index contributed by atoms with van der Waals surface area (Å²) in [6, 6.07) is 0.243. The lowest BCUT2D eigenvalue weighted by Gasteiger charge is -2.17. The van der Waals surface area contributed by atoms with E-state index in [2.05, 4.69) is 61.4 Å². The minimum Gasteiger partial charge on any atom is -0.309 e. The highest BCUT2D eigenvalue weighted by Gasteiger charge is 2.20. The van der Waals surface area contributed by atoms with Crippen LogP contribution in [-0.2, 0) is 19.4 Å². The van der Waals surface area contributed by atoms with E-state index in [1.54, 1.807) is 0 Å². The molecule has 0 fully saturated rings. The summed E-state index contributed by atoms with van der Waals surface area (Å²) < 4.78 is 7.24. The molecule has 2 aromatic heterocycles. The highest BCUT2D eigenvalue weighted by atomic mass is 79.9. The first-order valence-corrected chi connectivity index (χ1v) is 9.02. The topological polar surface area (TPSA) is 55.6 Å². The third-order valence-corrected chi connectivity index (χ3v) is 5.15. The number of aryl methyl sites for hydroxylation is 2. The number of hydrogen-bond acceptors (Lipinski definition) is 5. The van der Waals surface area contributed by atoms with Crippen molar-refractivity contribution in [3.8, 4) is 0 Å². The van der Waals surface area contributed by atoms with Gasteiger partial charge in [-0.2, -0.15) is 5.10 Å². The van der Waals surface area contributed by atoms with Gasteiger partial charge in [-0.25, -0.2) is 0 Å². The first-order valence-electron chi connectivity index (χ1n) is 7.45. The molecular formula is C14H22BrN5S. The minimum atomic E-state index is 0.243. The van der Waals surface area contributed by atoms with Crippen molar-refractivity contribution in [1.29, 1.82) is 0 Å². The van der Waals surface area contributed by atoms with Crippen molar-refractivity contribution in [2.75, 3.05) is 6.54 Å². The van der Waals surface area contributed by atoms with Gasteiger partial charge in [0, 0.05) is 13.0 Å². The number of aromatic nitrogens is 4. The van der Waals surface area contributed by atoms with Crippen molar-refractivity contribution in [2.24, 2.45) is 0 Å². The van der Waals surface area contributed by atoms with Crippen molar-refractivity contribution in [3.05, 3.63) is 26.9 Å². The Labute approximate surface area is 138 Å². The zero-order valence-electron chi connectivity index (χ0n) is 12.8. The van der Waals surface area contributed by atoms with E-state index in [1.807, 2.05) is 6.20 Å². The molecule has 2 aromatic rings. The van der Waals surface area contributed by atoms with Gasteiger partial charge in [0.25, 0.3) is 0 Å². The molecule has 0 radical (unpaired) electrons. The van der Waals surface area contributed by atoms with Gasteiger partial charge in [-0.15, -0.1) is 5.10 Å². The second-order valence-corrected chi connectivity index (χ2v) is 6.52. The maximum atomic E-state index is 4.68. The van der Waals surface area contributed by atoms with E-state index in [4.69, 9.17) is 0 Å². The van der Waals surface area contributed by atoms with Gasteiger partial charge in [-0.3, -0.25) is 4.68 Å². The molecule has 2 heterocycles. The van der Waals surface area contributed by atoms with E-state index in [-0.39, 0.29) is 6.04 Å². The van der Waals surface area contributed by atoms with Crippen molar-refractivity contribution < 1.29 is 0 Å². The molecule has 1 N–H and O–H groups in total. The summed E-state index contributed by atoms with van der Waals surface area (Å²) in [4.78, 5) is 1.18. The Morgan fingerprint density at radius 2 is 2.19 bits per heavy atom. The first-order chi connectivity index (χ1) is 10.2. The fraction of sp³-hybridized carbons (Fsp3) is 0.643. The van der Waals surface area contributed by atoms with Crippen molar-refractivity contribution in [1.82, 2.24) is 24.7 Å². The van der Waals surface area contributed by atoms with E-state index in [0.29, 0.717) is 0 Å². The quantitative estimate of drug-likeness (QED) is 0.772. The van der Waals surface area contributed by atoms with Crippen molar-refractivity contribution >= 4 is 27.5 Å². The number of halogens is 1. The van der Waals surface area contributed by atoms with Crippen LogP contribution in [0, 0.1) is 0 Å². The van der Waals surface area contributed by atoms with Gasteiger partial charge in [0.1, 0.15) is 0 Å². The van der Waals surface area contributed by atoms with Crippen LogP contribution in [-0.4, -0.2) is 25.9 Å². The lowest BCUT2D eigenvalue weighted by Crippen LogP contribution is -2.24. The molecule has 0 saturated carbocycles. The van der Waals surface area contributed by atoms with Gasteiger partial charge < -0.3 is 5.32 Å². The minimum absolute atomic E-state index is 0.243. The number of hydrogen-bond donors (Lipinski definition) is 1. The molecule has 0 saturated heterocycles. The van der Waals surface area contributed by atoms with E-state index < -0.39 is 0 Å². The average Bonchev–Trinajstić information content (AvgIpc) is 3.12. The maximum Gasteiger partial charge on any atom is 0.0766 e. The van der Waals surface area contributed by atoms with Crippen LogP contribution < -0.4 is 5.32 Å². The molecule has 0 spiro atoms. The Bertz CT molecular complexity index is 552. The summed E-state index contributed by atoms with van der Waals surface area (Å²) in [7, 11) is 0. The smallest absolute Gasteiger partial charge is 0.0766 e. The molecule has 0 aliphatic rings. The standard InChI is InChI=1S/C14H22BrN5S/c1-4-7-16-11(13-9-17-19-21-13)8-12-14(15)10(5-2)18-20(12)6-3/h9,11,16H,4-8H2,1-3H3. The van der Waals surface area contributed by atoms with Crippen LogP contribution >= 0.6 is 27.5 Å². The molecule has 5 nitrogen and oxygen atoms in total. The normalized spacial score (nSPS) is 12.8. The predicted octanol–water partition coefficient (Wildman–Crippen LogP) is 3.36. The monoisotopic (exact) mass is 371 g/mol. The average molecular weight is 372 g/mol. The fourth-order valence-electron chi connectivity index (χ4n) is 2.33. The van der Waals surface area contributed by atoms with Gasteiger partial charge in [0.05, 0.1) is 33.0 Å². The molecule has 0 bridgehead atoms. The van der Waals surface area contributed by atoms with Gasteiger partial charge in [-0.05, 0) is 53.8 Å². The molecule has 1 atom stereocenters. The molecule has 0 aliphatic carbocycles.